The number of aliphatic hydroxyl groups excluding tert-OH is 2. The summed E-state index contributed by atoms with van der Waals surface area (Å²) < 4.78 is 0. The number of rotatable bonds is 2. The molecule has 0 fully saturated rings. The van der Waals surface area contributed by atoms with Gasteiger partial charge in [-0.2, -0.15) is 0 Å². The van der Waals surface area contributed by atoms with Crippen LogP contribution < -0.4 is 0 Å². The van der Waals surface area contributed by atoms with Gasteiger partial charge in [-0.1, -0.05) is 60.4 Å². The molecule has 0 aliphatic carbocycles. The van der Waals surface area contributed by atoms with E-state index < -0.39 is 6.10 Å². The number of fused-ring (bicyclic) bond motifs is 2. The lowest BCUT2D eigenvalue weighted by atomic mass is 9.97. The Hall–Kier alpha value is -2.34. The molecular formula is C19H16O2. The summed E-state index contributed by atoms with van der Waals surface area (Å²) in [5.74, 6) is 6.15. The fourth-order valence-corrected chi connectivity index (χ4v) is 2.47. The minimum Gasteiger partial charge on any atom is -0.394 e. The molecule has 2 N–H and O–H groups in total. The smallest absolute Gasteiger partial charge is 0.0879 e. The van der Waals surface area contributed by atoms with E-state index in [-0.39, 0.29) is 13.0 Å². The van der Waals surface area contributed by atoms with E-state index in [2.05, 4.69) is 42.2 Å². The number of hydrogen-bond donors (Lipinski definition) is 2. The summed E-state index contributed by atoms with van der Waals surface area (Å²) in [6, 6.07) is 18.5. The van der Waals surface area contributed by atoms with E-state index in [4.69, 9.17) is 5.11 Å². The predicted octanol–water partition coefficient (Wildman–Crippen LogP) is 3.09. The Kier molecular flexibility index (Phi) is 3.87. The number of benzene rings is 3. The second kappa shape index (κ2) is 5.97. The molecule has 0 aliphatic rings. The maximum absolute atomic E-state index is 9.41. The SMILES string of the molecule is OCC(O)CC#Cc1c2ccccc2cc2ccccc12. The Balaban J connectivity index is 2.20. The molecule has 3 rings (SSSR count). The van der Waals surface area contributed by atoms with E-state index in [1.807, 2.05) is 24.3 Å². The first kappa shape index (κ1) is 13.6. The van der Waals surface area contributed by atoms with Gasteiger partial charge in [-0.25, -0.2) is 0 Å². The summed E-state index contributed by atoms with van der Waals surface area (Å²) in [6.45, 7) is -0.259. The molecule has 104 valence electrons. The van der Waals surface area contributed by atoms with Crippen molar-refractivity contribution >= 4 is 21.5 Å². The van der Waals surface area contributed by atoms with Crippen molar-refractivity contribution in [3.63, 3.8) is 0 Å². The van der Waals surface area contributed by atoms with Gasteiger partial charge in [0.05, 0.1) is 12.7 Å². The lowest BCUT2D eigenvalue weighted by Crippen LogP contribution is -2.09. The zero-order chi connectivity index (χ0) is 14.7. The van der Waals surface area contributed by atoms with Crippen LogP contribution in [0.4, 0.5) is 0 Å². The van der Waals surface area contributed by atoms with Crippen molar-refractivity contribution in [1.29, 1.82) is 0 Å². The lowest BCUT2D eigenvalue weighted by molar-refractivity contribution is 0.0992. The van der Waals surface area contributed by atoms with Crippen LogP contribution in [0, 0.1) is 11.8 Å². The highest BCUT2D eigenvalue weighted by molar-refractivity contribution is 6.04. The molecule has 2 nitrogen and oxygen atoms in total. The molecule has 0 aromatic heterocycles. The Morgan fingerprint density at radius 1 is 0.905 bits per heavy atom. The summed E-state index contributed by atoms with van der Waals surface area (Å²) >= 11 is 0. The average Bonchev–Trinajstić information content (AvgIpc) is 2.54. The van der Waals surface area contributed by atoms with Crippen LogP contribution in [-0.2, 0) is 0 Å². The highest BCUT2D eigenvalue weighted by atomic mass is 16.3. The Labute approximate surface area is 123 Å². The largest absolute Gasteiger partial charge is 0.394 e. The molecule has 1 atom stereocenters. The minimum atomic E-state index is -0.779. The first-order chi connectivity index (χ1) is 10.3. The fourth-order valence-electron chi connectivity index (χ4n) is 2.47. The van der Waals surface area contributed by atoms with E-state index >= 15 is 0 Å². The van der Waals surface area contributed by atoms with E-state index in [1.165, 1.54) is 0 Å². The monoisotopic (exact) mass is 276 g/mol. The lowest BCUT2D eigenvalue weighted by Gasteiger charge is -2.06. The maximum atomic E-state index is 9.41. The van der Waals surface area contributed by atoms with E-state index in [0.717, 1.165) is 27.1 Å². The molecule has 0 aliphatic heterocycles. The van der Waals surface area contributed by atoms with Crippen molar-refractivity contribution in [1.82, 2.24) is 0 Å². The van der Waals surface area contributed by atoms with Crippen LogP contribution in [0.1, 0.15) is 12.0 Å². The summed E-state index contributed by atoms with van der Waals surface area (Å²) in [4.78, 5) is 0. The van der Waals surface area contributed by atoms with Crippen LogP contribution in [0.15, 0.2) is 54.6 Å². The third kappa shape index (κ3) is 2.75. The van der Waals surface area contributed by atoms with Gasteiger partial charge in [-0.3, -0.25) is 0 Å². The van der Waals surface area contributed by atoms with Gasteiger partial charge in [0, 0.05) is 12.0 Å². The first-order valence-electron chi connectivity index (χ1n) is 6.98. The highest BCUT2D eigenvalue weighted by Crippen LogP contribution is 2.27. The van der Waals surface area contributed by atoms with Crippen molar-refractivity contribution in [3.8, 4) is 11.8 Å². The summed E-state index contributed by atoms with van der Waals surface area (Å²) in [7, 11) is 0. The molecule has 0 heterocycles. The van der Waals surface area contributed by atoms with Crippen LogP contribution in [0.3, 0.4) is 0 Å². The standard InChI is InChI=1S/C19H16O2/c20-13-16(21)8-5-11-19-17-9-3-1-6-14(17)12-15-7-2-4-10-18(15)19/h1-4,6-7,9-10,12,16,20-21H,8,13H2. The van der Waals surface area contributed by atoms with Crippen LogP contribution in [-0.4, -0.2) is 22.9 Å². The Morgan fingerprint density at radius 3 is 2.05 bits per heavy atom. The minimum absolute atomic E-state index is 0.259. The van der Waals surface area contributed by atoms with E-state index in [9.17, 15) is 5.11 Å². The van der Waals surface area contributed by atoms with Gasteiger partial charge in [-0.15, -0.1) is 0 Å². The third-order valence-corrected chi connectivity index (χ3v) is 3.53. The Morgan fingerprint density at radius 2 is 1.48 bits per heavy atom. The van der Waals surface area contributed by atoms with Crippen molar-refractivity contribution < 1.29 is 10.2 Å². The number of hydrogen-bond acceptors (Lipinski definition) is 2. The molecule has 0 spiro atoms. The van der Waals surface area contributed by atoms with Gasteiger partial charge in [-0.05, 0) is 27.6 Å². The predicted molar refractivity (Wildman–Crippen MR) is 86.0 cm³/mol. The van der Waals surface area contributed by atoms with E-state index in [0.29, 0.717) is 0 Å². The van der Waals surface area contributed by atoms with Crippen molar-refractivity contribution in [2.75, 3.05) is 6.61 Å². The molecule has 3 aromatic carbocycles. The van der Waals surface area contributed by atoms with Crippen LogP contribution in [0.5, 0.6) is 0 Å². The normalized spacial score (nSPS) is 12.1. The molecular weight excluding hydrogens is 260 g/mol. The second-order valence-corrected chi connectivity index (χ2v) is 5.04. The molecule has 0 bridgehead atoms. The summed E-state index contributed by atoms with van der Waals surface area (Å²) in [5, 5.41) is 22.8. The van der Waals surface area contributed by atoms with Gasteiger partial charge < -0.3 is 10.2 Å². The van der Waals surface area contributed by atoms with Gasteiger partial charge >= 0.3 is 0 Å². The van der Waals surface area contributed by atoms with Crippen LogP contribution >= 0.6 is 0 Å². The third-order valence-electron chi connectivity index (χ3n) is 3.53. The Bertz CT molecular complexity index is 786. The van der Waals surface area contributed by atoms with Crippen molar-refractivity contribution in [2.24, 2.45) is 0 Å². The van der Waals surface area contributed by atoms with Gasteiger partial charge in [0.2, 0.25) is 0 Å². The second-order valence-electron chi connectivity index (χ2n) is 5.04. The quantitative estimate of drug-likeness (QED) is 0.558. The summed E-state index contributed by atoms with van der Waals surface area (Å²) in [6.07, 6.45) is -0.507. The zero-order valence-corrected chi connectivity index (χ0v) is 11.6. The fraction of sp³-hybridized carbons (Fsp3) is 0.158. The number of aliphatic hydroxyl groups is 2. The molecule has 0 amide bonds. The van der Waals surface area contributed by atoms with Crippen molar-refractivity contribution in [2.45, 2.75) is 12.5 Å². The molecule has 2 heteroatoms. The maximum Gasteiger partial charge on any atom is 0.0879 e. The van der Waals surface area contributed by atoms with Crippen molar-refractivity contribution in [3.05, 3.63) is 60.2 Å². The first-order valence-corrected chi connectivity index (χ1v) is 6.98. The zero-order valence-electron chi connectivity index (χ0n) is 11.6. The molecule has 1 unspecified atom stereocenters. The van der Waals surface area contributed by atoms with Crippen LogP contribution in [0.25, 0.3) is 21.5 Å². The molecule has 0 saturated carbocycles. The van der Waals surface area contributed by atoms with Gasteiger partial charge in [0.15, 0.2) is 0 Å². The molecule has 0 saturated heterocycles. The molecule has 21 heavy (non-hydrogen) atoms. The molecule has 3 aromatic rings. The molecule has 0 radical (unpaired) electrons. The van der Waals surface area contributed by atoms with Crippen LogP contribution in [0.2, 0.25) is 0 Å². The summed E-state index contributed by atoms with van der Waals surface area (Å²) in [5.41, 5.74) is 0.980. The van der Waals surface area contributed by atoms with Gasteiger partial charge in [0.25, 0.3) is 0 Å². The topological polar surface area (TPSA) is 40.5 Å². The van der Waals surface area contributed by atoms with Gasteiger partial charge in [0.1, 0.15) is 0 Å². The van der Waals surface area contributed by atoms with E-state index in [1.54, 1.807) is 0 Å². The average molecular weight is 276 g/mol. The highest BCUT2D eigenvalue weighted by Gasteiger charge is 2.05.